The third-order valence-electron chi connectivity index (χ3n) is 5.69. The lowest BCUT2D eigenvalue weighted by Crippen LogP contribution is -2.44. The Labute approximate surface area is 178 Å². The van der Waals surface area contributed by atoms with Gasteiger partial charge >= 0.3 is 0 Å². The van der Waals surface area contributed by atoms with Gasteiger partial charge < -0.3 is 25.3 Å². The highest BCUT2D eigenvalue weighted by atomic mass is 32.1. The molecular formula is C22H30N6S. The van der Waals surface area contributed by atoms with E-state index in [9.17, 15) is 0 Å². The first-order valence-electron chi connectivity index (χ1n) is 10.5. The van der Waals surface area contributed by atoms with Gasteiger partial charge in [-0.3, -0.25) is 0 Å². The number of pyridine rings is 1. The maximum atomic E-state index is 5.45. The molecule has 2 fully saturated rings. The monoisotopic (exact) mass is 410 g/mol. The quantitative estimate of drug-likeness (QED) is 0.735. The molecule has 2 aliphatic heterocycles. The number of likely N-dealkylation sites (N-methyl/N-ethyl adjacent to an activating group) is 1. The molecule has 0 atom stereocenters. The lowest BCUT2D eigenvalue weighted by Gasteiger charge is -2.33. The minimum absolute atomic E-state index is 0.614. The van der Waals surface area contributed by atoms with Crippen molar-refractivity contribution in [1.29, 1.82) is 0 Å². The van der Waals surface area contributed by atoms with E-state index in [0.29, 0.717) is 11.7 Å². The molecule has 0 bridgehead atoms. The number of hydrogen-bond donors (Lipinski definition) is 2. The van der Waals surface area contributed by atoms with Crippen molar-refractivity contribution < 1.29 is 0 Å². The Hall–Kier alpha value is -2.38. The first kappa shape index (κ1) is 19.9. The summed E-state index contributed by atoms with van der Waals surface area (Å²) in [6, 6.07) is 12.9. The second-order valence-corrected chi connectivity index (χ2v) is 8.27. The summed E-state index contributed by atoms with van der Waals surface area (Å²) in [6.07, 6.45) is 4.45. The molecule has 0 spiro atoms. The Bertz CT molecular complexity index is 793. The van der Waals surface area contributed by atoms with Gasteiger partial charge in [-0.2, -0.15) is 0 Å². The van der Waals surface area contributed by atoms with E-state index in [1.54, 1.807) is 0 Å². The fourth-order valence-electron chi connectivity index (χ4n) is 3.84. The van der Waals surface area contributed by atoms with E-state index in [-0.39, 0.29) is 0 Å². The molecule has 3 heterocycles. The van der Waals surface area contributed by atoms with E-state index >= 15 is 0 Å². The van der Waals surface area contributed by atoms with Crippen molar-refractivity contribution in [3.05, 3.63) is 48.2 Å². The smallest absolute Gasteiger partial charge is 0.171 e. The number of piperazine rings is 1. The van der Waals surface area contributed by atoms with Gasteiger partial charge in [0.1, 0.15) is 5.82 Å². The van der Waals surface area contributed by atoms with E-state index in [1.807, 2.05) is 12.3 Å². The maximum Gasteiger partial charge on any atom is 0.171 e. The predicted molar refractivity (Wildman–Crippen MR) is 125 cm³/mol. The summed E-state index contributed by atoms with van der Waals surface area (Å²) < 4.78 is 0. The summed E-state index contributed by atoms with van der Waals surface area (Å²) in [5, 5.41) is 7.12. The number of benzene rings is 1. The molecule has 1 aromatic heterocycles. The van der Waals surface area contributed by atoms with E-state index in [1.165, 1.54) is 37.2 Å². The van der Waals surface area contributed by atoms with E-state index in [0.717, 1.165) is 37.7 Å². The zero-order valence-corrected chi connectivity index (χ0v) is 17.9. The molecule has 0 amide bonds. The van der Waals surface area contributed by atoms with Crippen molar-refractivity contribution in [3.63, 3.8) is 0 Å². The lowest BCUT2D eigenvalue weighted by molar-refractivity contribution is 0.312. The SMILES string of the molecule is CN1CCN(c2ccc(NC(=S)NCc3ccc(N4CCCC4)cc3)cn2)CC1. The van der Waals surface area contributed by atoms with Crippen molar-refractivity contribution in [2.24, 2.45) is 0 Å². The van der Waals surface area contributed by atoms with Crippen LogP contribution in [0.25, 0.3) is 0 Å². The highest BCUT2D eigenvalue weighted by Gasteiger charge is 2.15. The van der Waals surface area contributed by atoms with Crippen molar-refractivity contribution in [1.82, 2.24) is 15.2 Å². The van der Waals surface area contributed by atoms with Crippen LogP contribution in [-0.2, 0) is 6.54 Å². The van der Waals surface area contributed by atoms with Crippen LogP contribution in [0.1, 0.15) is 18.4 Å². The van der Waals surface area contributed by atoms with Crippen LogP contribution in [-0.4, -0.2) is 61.3 Å². The van der Waals surface area contributed by atoms with Gasteiger partial charge in [0.05, 0.1) is 11.9 Å². The number of anilines is 3. The average Bonchev–Trinajstić information content (AvgIpc) is 3.29. The summed E-state index contributed by atoms with van der Waals surface area (Å²) in [7, 11) is 2.16. The van der Waals surface area contributed by atoms with Gasteiger partial charge in [-0.25, -0.2) is 4.98 Å². The number of thiocarbonyl (C=S) groups is 1. The average molecular weight is 411 g/mol. The first-order chi connectivity index (χ1) is 14.2. The topological polar surface area (TPSA) is 46.7 Å². The normalized spacial score (nSPS) is 17.4. The third kappa shape index (κ3) is 5.36. The molecule has 2 saturated heterocycles. The first-order valence-corrected chi connectivity index (χ1v) is 10.9. The minimum atomic E-state index is 0.614. The standard InChI is InChI=1S/C22H30N6S/c1-26-12-14-28(15-13-26)21-9-6-19(17-23-21)25-22(29)24-16-18-4-7-20(8-5-18)27-10-2-3-11-27/h4-9,17H,2-3,10-16H2,1H3,(H2,24,25,29). The van der Waals surface area contributed by atoms with Crippen molar-refractivity contribution in [3.8, 4) is 0 Å². The van der Waals surface area contributed by atoms with E-state index < -0.39 is 0 Å². The van der Waals surface area contributed by atoms with Gasteiger partial charge in [0, 0.05) is 51.5 Å². The van der Waals surface area contributed by atoms with Gasteiger partial charge in [-0.15, -0.1) is 0 Å². The fraction of sp³-hybridized carbons (Fsp3) is 0.455. The predicted octanol–water partition coefficient (Wildman–Crippen LogP) is 2.92. The molecule has 0 aliphatic carbocycles. The molecule has 7 heteroatoms. The second-order valence-electron chi connectivity index (χ2n) is 7.86. The van der Waals surface area contributed by atoms with Crippen LogP contribution in [0.4, 0.5) is 17.2 Å². The zero-order valence-electron chi connectivity index (χ0n) is 17.1. The highest BCUT2D eigenvalue weighted by Crippen LogP contribution is 2.20. The number of nitrogens with zero attached hydrogens (tertiary/aromatic N) is 4. The van der Waals surface area contributed by atoms with Crippen LogP contribution in [0.5, 0.6) is 0 Å². The van der Waals surface area contributed by atoms with Crippen LogP contribution in [0.3, 0.4) is 0 Å². The van der Waals surface area contributed by atoms with E-state index in [4.69, 9.17) is 12.2 Å². The molecule has 2 aromatic rings. The van der Waals surface area contributed by atoms with Crippen LogP contribution in [0.2, 0.25) is 0 Å². The second kappa shape index (κ2) is 9.41. The molecular weight excluding hydrogens is 380 g/mol. The van der Waals surface area contributed by atoms with Crippen LogP contribution >= 0.6 is 12.2 Å². The van der Waals surface area contributed by atoms with Crippen LogP contribution < -0.4 is 20.4 Å². The fourth-order valence-corrected chi connectivity index (χ4v) is 4.03. The molecule has 0 radical (unpaired) electrons. The Morgan fingerprint density at radius 1 is 0.931 bits per heavy atom. The van der Waals surface area contributed by atoms with E-state index in [2.05, 4.69) is 67.7 Å². The summed E-state index contributed by atoms with van der Waals surface area (Å²) in [5.74, 6) is 1.03. The summed E-state index contributed by atoms with van der Waals surface area (Å²) in [6.45, 7) is 7.25. The molecule has 0 saturated carbocycles. The maximum absolute atomic E-state index is 5.45. The van der Waals surface area contributed by atoms with Crippen LogP contribution in [0, 0.1) is 0 Å². The number of nitrogens with one attached hydrogen (secondary N) is 2. The molecule has 2 aliphatic rings. The van der Waals surface area contributed by atoms with Gasteiger partial charge in [0.25, 0.3) is 0 Å². The van der Waals surface area contributed by atoms with Gasteiger partial charge in [0.2, 0.25) is 0 Å². The Morgan fingerprint density at radius 2 is 1.66 bits per heavy atom. The number of hydrogen-bond acceptors (Lipinski definition) is 5. The summed E-state index contributed by atoms with van der Waals surface area (Å²) >= 11 is 5.45. The molecule has 6 nitrogen and oxygen atoms in total. The zero-order chi connectivity index (χ0) is 20.1. The summed E-state index contributed by atoms with van der Waals surface area (Å²) in [5.41, 5.74) is 3.45. The molecule has 1 aromatic carbocycles. The van der Waals surface area contributed by atoms with Crippen molar-refractivity contribution in [2.45, 2.75) is 19.4 Å². The largest absolute Gasteiger partial charge is 0.372 e. The number of aromatic nitrogens is 1. The molecule has 29 heavy (non-hydrogen) atoms. The van der Waals surface area contributed by atoms with Crippen molar-refractivity contribution >= 4 is 34.5 Å². The Morgan fingerprint density at radius 3 is 2.31 bits per heavy atom. The number of rotatable bonds is 5. The Kier molecular flexibility index (Phi) is 6.46. The molecule has 2 N–H and O–H groups in total. The molecule has 154 valence electrons. The van der Waals surface area contributed by atoms with Gasteiger partial charge in [0.15, 0.2) is 5.11 Å². The third-order valence-corrected chi connectivity index (χ3v) is 5.94. The van der Waals surface area contributed by atoms with Gasteiger partial charge in [-0.05, 0) is 61.9 Å². The minimum Gasteiger partial charge on any atom is -0.372 e. The molecule has 0 unspecified atom stereocenters. The highest BCUT2D eigenvalue weighted by molar-refractivity contribution is 7.80. The Balaban J connectivity index is 1.24. The summed E-state index contributed by atoms with van der Waals surface area (Å²) in [4.78, 5) is 11.7. The molecule has 4 rings (SSSR count). The van der Waals surface area contributed by atoms with Crippen molar-refractivity contribution in [2.75, 3.05) is 61.4 Å². The lowest BCUT2D eigenvalue weighted by atomic mass is 10.2. The van der Waals surface area contributed by atoms with Gasteiger partial charge in [-0.1, -0.05) is 12.1 Å². The van der Waals surface area contributed by atoms with Crippen LogP contribution in [0.15, 0.2) is 42.6 Å².